The molecule has 6 heteroatoms. The molecule has 0 bridgehead atoms. The Hall–Kier alpha value is -2.26. The summed E-state index contributed by atoms with van der Waals surface area (Å²) in [5.74, 6) is 0.925. The van der Waals surface area contributed by atoms with E-state index in [9.17, 15) is 10.1 Å². The Morgan fingerprint density at radius 3 is 2.19 bits per heavy atom. The molecule has 1 aromatic rings. The van der Waals surface area contributed by atoms with E-state index >= 15 is 0 Å². The largest absolute Gasteiger partial charge is 0.493 e. The van der Waals surface area contributed by atoms with Gasteiger partial charge in [-0.05, 0) is 36.7 Å². The minimum Gasteiger partial charge on any atom is -0.493 e. The number of nitriles is 1. The fourth-order valence-electron chi connectivity index (χ4n) is 3.20. The van der Waals surface area contributed by atoms with Gasteiger partial charge >= 0.3 is 0 Å². The van der Waals surface area contributed by atoms with Crippen LogP contribution in [0.1, 0.15) is 33.3 Å². The van der Waals surface area contributed by atoms with Gasteiger partial charge in [0.2, 0.25) is 5.91 Å². The number of methoxy groups -OCH3 is 2. The quantitative estimate of drug-likeness (QED) is 0.677. The Labute approximate surface area is 157 Å². The van der Waals surface area contributed by atoms with Gasteiger partial charge in [0.1, 0.15) is 0 Å². The molecule has 26 heavy (non-hydrogen) atoms. The average Bonchev–Trinajstić information content (AvgIpc) is 2.66. The van der Waals surface area contributed by atoms with Crippen molar-refractivity contribution < 1.29 is 14.3 Å². The summed E-state index contributed by atoms with van der Waals surface area (Å²) < 4.78 is 10.7. The second-order valence-corrected chi connectivity index (χ2v) is 6.52. The topological polar surface area (TPSA) is 65.8 Å². The molecule has 0 radical (unpaired) electrons. The Morgan fingerprint density at radius 1 is 1.19 bits per heavy atom. The zero-order valence-electron chi connectivity index (χ0n) is 17.0. The van der Waals surface area contributed by atoms with Crippen molar-refractivity contribution in [1.82, 2.24) is 9.80 Å². The highest BCUT2D eigenvalue weighted by Crippen LogP contribution is 2.39. The molecule has 0 aliphatic carbocycles. The van der Waals surface area contributed by atoms with Crippen molar-refractivity contribution in [2.75, 3.05) is 40.9 Å². The van der Waals surface area contributed by atoms with Crippen molar-refractivity contribution in [2.45, 2.75) is 33.2 Å². The Balaban J connectivity index is 3.40. The van der Waals surface area contributed by atoms with Crippen molar-refractivity contribution in [2.24, 2.45) is 5.92 Å². The highest BCUT2D eigenvalue weighted by Gasteiger charge is 2.43. The molecular weight excluding hydrogens is 330 g/mol. The van der Waals surface area contributed by atoms with Crippen LogP contribution in [0.3, 0.4) is 0 Å². The van der Waals surface area contributed by atoms with Gasteiger partial charge in [0.15, 0.2) is 17.0 Å². The first-order valence-electron chi connectivity index (χ1n) is 8.94. The molecule has 0 saturated heterocycles. The van der Waals surface area contributed by atoms with E-state index in [0.717, 1.165) is 13.1 Å². The number of carbonyl (C=O) groups is 1. The first-order chi connectivity index (χ1) is 12.3. The van der Waals surface area contributed by atoms with E-state index < -0.39 is 5.54 Å². The maximum absolute atomic E-state index is 12.9. The summed E-state index contributed by atoms with van der Waals surface area (Å²) in [6.07, 6.45) is 0. The SMILES string of the molecule is CCN(CC)CC(=O)N(C)C(C#N)(c1ccc(OC)c(OC)c1)C(C)C. The molecular formula is C20H31N3O3. The highest BCUT2D eigenvalue weighted by atomic mass is 16.5. The zero-order valence-corrected chi connectivity index (χ0v) is 17.0. The number of nitrogens with zero attached hydrogens (tertiary/aromatic N) is 3. The van der Waals surface area contributed by atoms with Crippen LogP contribution < -0.4 is 9.47 Å². The van der Waals surface area contributed by atoms with Crippen molar-refractivity contribution in [3.63, 3.8) is 0 Å². The Morgan fingerprint density at radius 2 is 1.77 bits per heavy atom. The van der Waals surface area contributed by atoms with Gasteiger partial charge in [-0.15, -0.1) is 0 Å². The van der Waals surface area contributed by atoms with Crippen LogP contribution >= 0.6 is 0 Å². The second kappa shape index (κ2) is 9.44. The maximum Gasteiger partial charge on any atom is 0.238 e. The van der Waals surface area contributed by atoms with Crippen LogP contribution in [-0.2, 0) is 10.3 Å². The summed E-state index contributed by atoms with van der Waals surface area (Å²) in [5, 5.41) is 10.1. The molecule has 0 fully saturated rings. The summed E-state index contributed by atoms with van der Waals surface area (Å²) in [5.41, 5.74) is -0.382. The van der Waals surface area contributed by atoms with Gasteiger partial charge in [0.05, 0.1) is 26.8 Å². The van der Waals surface area contributed by atoms with E-state index in [1.165, 1.54) is 0 Å². The van der Waals surface area contributed by atoms with E-state index in [0.29, 0.717) is 17.1 Å². The van der Waals surface area contributed by atoms with Gasteiger partial charge in [-0.1, -0.05) is 33.8 Å². The van der Waals surface area contributed by atoms with Crippen LogP contribution in [0.5, 0.6) is 11.5 Å². The van der Waals surface area contributed by atoms with Crippen LogP contribution in [0.2, 0.25) is 0 Å². The summed E-state index contributed by atoms with van der Waals surface area (Å²) in [6, 6.07) is 7.78. The van der Waals surface area contributed by atoms with Gasteiger partial charge in [0, 0.05) is 7.05 Å². The first-order valence-corrected chi connectivity index (χ1v) is 8.94. The number of ether oxygens (including phenoxy) is 2. The smallest absolute Gasteiger partial charge is 0.238 e. The monoisotopic (exact) mass is 361 g/mol. The van der Waals surface area contributed by atoms with Crippen LogP contribution in [0.25, 0.3) is 0 Å². The Kier molecular flexibility index (Phi) is 7.91. The molecule has 1 aromatic carbocycles. The van der Waals surface area contributed by atoms with Crippen LogP contribution in [0.4, 0.5) is 0 Å². The van der Waals surface area contributed by atoms with E-state index in [1.54, 1.807) is 38.3 Å². The lowest BCUT2D eigenvalue weighted by Gasteiger charge is -2.40. The van der Waals surface area contributed by atoms with Crippen LogP contribution in [-0.4, -0.2) is 56.6 Å². The number of amides is 1. The lowest BCUT2D eigenvalue weighted by Crippen LogP contribution is -2.52. The van der Waals surface area contributed by atoms with Gasteiger partial charge in [-0.2, -0.15) is 5.26 Å². The molecule has 1 atom stereocenters. The molecule has 0 aliphatic heterocycles. The lowest BCUT2D eigenvalue weighted by atomic mass is 9.79. The lowest BCUT2D eigenvalue weighted by molar-refractivity contribution is -0.136. The molecule has 1 amide bonds. The summed E-state index contributed by atoms with van der Waals surface area (Å²) in [6.45, 7) is 9.78. The molecule has 0 spiro atoms. The Bertz CT molecular complexity index is 650. The standard InChI is InChI=1S/C20H31N3O3/c1-8-23(9-2)13-19(24)22(5)20(14-21,15(3)4)16-10-11-17(25-6)18(12-16)26-7/h10-12,15H,8-9,13H2,1-7H3. The zero-order chi connectivity index (χ0) is 19.9. The molecule has 6 nitrogen and oxygen atoms in total. The predicted octanol–water partition coefficient (Wildman–Crippen LogP) is 2.88. The minimum absolute atomic E-state index is 0.0845. The molecule has 144 valence electrons. The molecule has 0 aliphatic rings. The molecule has 0 saturated carbocycles. The van der Waals surface area contributed by atoms with Gasteiger partial charge in [0.25, 0.3) is 0 Å². The van der Waals surface area contributed by atoms with Crippen molar-refractivity contribution in [3.8, 4) is 17.6 Å². The van der Waals surface area contributed by atoms with E-state index in [4.69, 9.17) is 9.47 Å². The number of rotatable bonds is 9. The first kappa shape index (κ1) is 21.8. The summed E-state index contributed by atoms with van der Waals surface area (Å²) in [7, 11) is 4.82. The van der Waals surface area contributed by atoms with Crippen LogP contribution in [0, 0.1) is 17.2 Å². The summed E-state index contributed by atoms with van der Waals surface area (Å²) >= 11 is 0. The number of likely N-dealkylation sites (N-methyl/N-ethyl adjacent to an activating group) is 2. The molecule has 0 aromatic heterocycles. The third kappa shape index (κ3) is 4.10. The van der Waals surface area contributed by atoms with Crippen molar-refractivity contribution >= 4 is 5.91 Å². The molecule has 1 unspecified atom stereocenters. The maximum atomic E-state index is 12.9. The third-order valence-corrected chi connectivity index (χ3v) is 4.99. The normalized spacial score (nSPS) is 13.2. The van der Waals surface area contributed by atoms with Crippen LogP contribution in [0.15, 0.2) is 18.2 Å². The minimum atomic E-state index is -1.09. The van der Waals surface area contributed by atoms with Gasteiger partial charge < -0.3 is 14.4 Å². The second-order valence-electron chi connectivity index (χ2n) is 6.52. The van der Waals surface area contributed by atoms with E-state index in [2.05, 4.69) is 6.07 Å². The van der Waals surface area contributed by atoms with Crippen molar-refractivity contribution in [3.05, 3.63) is 23.8 Å². The fourth-order valence-corrected chi connectivity index (χ4v) is 3.20. The van der Waals surface area contributed by atoms with Gasteiger partial charge in [-0.25, -0.2) is 0 Å². The number of hydrogen-bond acceptors (Lipinski definition) is 5. The number of hydrogen-bond donors (Lipinski definition) is 0. The summed E-state index contributed by atoms with van der Waals surface area (Å²) in [4.78, 5) is 16.5. The number of benzene rings is 1. The molecule has 0 heterocycles. The third-order valence-electron chi connectivity index (χ3n) is 4.99. The van der Waals surface area contributed by atoms with Crippen molar-refractivity contribution in [1.29, 1.82) is 5.26 Å². The van der Waals surface area contributed by atoms with E-state index in [-0.39, 0.29) is 18.4 Å². The molecule has 1 rings (SSSR count). The highest BCUT2D eigenvalue weighted by molar-refractivity contribution is 5.79. The molecule has 0 N–H and O–H groups in total. The number of carbonyl (C=O) groups excluding carboxylic acids is 1. The van der Waals surface area contributed by atoms with Gasteiger partial charge in [-0.3, -0.25) is 9.69 Å². The predicted molar refractivity (Wildman–Crippen MR) is 102 cm³/mol. The fraction of sp³-hybridized carbons (Fsp3) is 0.600. The van der Waals surface area contributed by atoms with E-state index in [1.807, 2.05) is 38.7 Å². The average molecular weight is 361 g/mol.